The molecule has 37 heavy (non-hydrogen) atoms. The van der Waals surface area contributed by atoms with Gasteiger partial charge in [0.15, 0.2) is 11.6 Å². The van der Waals surface area contributed by atoms with Crippen molar-refractivity contribution in [2.75, 3.05) is 5.73 Å². The predicted octanol–water partition coefficient (Wildman–Crippen LogP) is 6.80. The van der Waals surface area contributed by atoms with Gasteiger partial charge in [0.05, 0.1) is 28.6 Å². The minimum Gasteiger partial charge on any atom is -0.390 e. The molecule has 1 aliphatic carbocycles. The highest BCUT2D eigenvalue weighted by Gasteiger charge is 2.27. The van der Waals surface area contributed by atoms with Crippen LogP contribution in [-0.4, -0.2) is 21.5 Å². The van der Waals surface area contributed by atoms with Gasteiger partial charge in [-0.05, 0) is 57.2 Å². The summed E-state index contributed by atoms with van der Waals surface area (Å²) in [4.78, 5) is 32.7. The highest BCUT2D eigenvalue weighted by molar-refractivity contribution is 7.16. The van der Waals surface area contributed by atoms with Crippen molar-refractivity contribution in [3.63, 3.8) is 0 Å². The molecule has 6 nitrogen and oxygen atoms in total. The summed E-state index contributed by atoms with van der Waals surface area (Å²) in [6.45, 7) is 3.81. The van der Waals surface area contributed by atoms with Crippen LogP contribution >= 0.6 is 11.3 Å². The average molecular weight is 509 g/mol. The second kappa shape index (κ2) is 10.1. The molecule has 3 heterocycles. The van der Waals surface area contributed by atoms with Gasteiger partial charge < -0.3 is 15.7 Å². The van der Waals surface area contributed by atoms with Crippen LogP contribution in [0.15, 0.2) is 48.5 Å². The Balaban J connectivity index is 0.000000164. The van der Waals surface area contributed by atoms with Crippen LogP contribution in [0, 0.1) is 25.2 Å². The number of nitriles is 1. The molecule has 0 saturated carbocycles. The van der Waals surface area contributed by atoms with Gasteiger partial charge in [0.1, 0.15) is 0 Å². The second-order valence-electron chi connectivity index (χ2n) is 9.38. The van der Waals surface area contributed by atoms with Gasteiger partial charge in [0, 0.05) is 43.6 Å². The normalized spacial score (nSPS) is 12.6. The molecule has 3 aromatic heterocycles. The van der Waals surface area contributed by atoms with E-state index in [1.165, 1.54) is 16.9 Å². The summed E-state index contributed by atoms with van der Waals surface area (Å²) in [5.74, 6) is -0.0423. The van der Waals surface area contributed by atoms with Crippen molar-refractivity contribution in [3.05, 3.63) is 87.0 Å². The number of nitrogens with two attached hydrogens (primary N) is 1. The van der Waals surface area contributed by atoms with Crippen molar-refractivity contribution in [3.8, 4) is 6.07 Å². The van der Waals surface area contributed by atoms with E-state index in [1.807, 2.05) is 68.4 Å². The number of hydrogen-bond donors (Lipinski definition) is 3. The van der Waals surface area contributed by atoms with Crippen LogP contribution in [0.1, 0.15) is 67.4 Å². The fourth-order valence-electron chi connectivity index (χ4n) is 5.33. The molecule has 0 atom stereocenters. The van der Waals surface area contributed by atoms with Gasteiger partial charge in [-0.2, -0.15) is 5.26 Å². The van der Waals surface area contributed by atoms with Crippen LogP contribution in [0.2, 0.25) is 0 Å². The molecule has 5 aromatic rings. The first kappa shape index (κ1) is 24.5. The summed E-state index contributed by atoms with van der Waals surface area (Å²) in [5.41, 5.74) is 13.3. The number of aromatic amines is 2. The maximum atomic E-state index is 13.2. The number of H-pyrrole nitrogens is 2. The highest BCUT2D eigenvalue weighted by Crippen LogP contribution is 2.38. The molecule has 4 N–H and O–H groups in total. The van der Waals surface area contributed by atoms with Crippen molar-refractivity contribution in [1.82, 2.24) is 9.97 Å². The lowest BCUT2D eigenvalue weighted by Crippen LogP contribution is -2.09. The van der Waals surface area contributed by atoms with Crippen LogP contribution < -0.4 is 5.73 Å². The summed E-state index contributed by atoms with van der Waals surface area (Å²) in [5, 5.41) is 11.1. The lowest BCUT2D eigenvalue weighted by molar-refractivity contribution is 0.0997. The molecule has 0 unspecified atom stereocenters. The smallest absolute Gasteiger partial charge is 0.198 e. The first-order valence-electron chi connectivity index (χ1n) is 12.4. The molecule has 1 aliphatic rings. The quantitative estimate of drug-likeness (QED) is 0.231. The van der Waals surface area contributed by atoms with E-state index in [1.54, 1.807) is 11.3 Å². The van der Waals surface area contributed by atoms with Crippen molar-refractivity contribution < 1.29 is 9.59 Å². The molecule has 0 radical (unpaired) electrons. The van der Waals surface area contributed by atoms with Gasteiger partial charge in [-0.25, -0.2) is 0 Å². The average Bonchev–Trinajstić information content (AvgIpc) is 3.52. The first-order chi connectivity index (χ1) is 17.9. The molecule has 6 rings (SSSR count). The molecule has 0 amide bonds. The molecule has 2 aromatic carbocycles. The third kappa shape index (κ3) is 4.45. The molecule has 7 heteroatoms. The van der Waals surface area contributed by atoms with Gasteiger partial charge in [0.25, 0.3) is 0 Å². The Hall–Kier alpha value is -4.15. The summed E-state index contributed by atoms with van der Waals surface area (Å²) >= 11 is 1.60. The largest absolute Gasteiger partial charge is 0.390 e. The summed E-state index contributed by atoms with van der Waals surface area (Å²) in [6.07, 6.45) is 4.32. The van der Waals surface area contributed by atoms with Crippen molar-refractivity contribution in [2.24, 2.45) is 0 Å². The summed E-state index contributed by atoms with van der Waals surface area (Å²) < 4.78 is 0. The Labute approximate surface area is 219 Å². The Morgan fingerprint density at radius 2 is 1.46 bits per heavy atom. The molecule has 186 valence electrons. The third-order valence-corrected chi connectivity index (χ3v) is 8.08. The zero-order chi connectivity index (χ0) is 26.1. The minimum atomic E-state index is -0.118. The molecule has 0 spiro atoms. The maximum Gasteiger partial charge on any atom is 0.198 e. The number of aromatic nitrogens is 2. The monoisotopic (exact) mass is 508 g/mol. The van der Waals surface area contributed by atoms with E-state index in [9.17, 15) is 9.59 Å². The number of benzene rings is 2. The number of para-hydroxylation sites is 2. The third-order valence-electron chi connectivity index (χ3n) is 6.96. The molecule has 0 saturated heterocycles. The Morgan fingerprint density at radius 3 is 2.11 bits per heavy atom. The Bertz CT molecular complexity index is 1700. The molecule has 0 bridgehead atoms. The number of ketones is 2. The zero-order valence-corrected chi connectivity index (χ0v) is 21.7. The van der Waals surface area contributed by atoms with Crippen molar-refractivity contribution in [2.45, 2.75) is 46.0 Å². The number of carbonyl (C=O) groups excluding carboxylic acids is 2. The molecular formula is C30H28N4O2S. The zero-order valence-electron chi connectivity index (χ0n) is 20.9. The number of carbonyl (C=O) groups is 2. The number of hydrogen-bond acceptors (Lipinski definition) is 5. The van der Waals surface area contributed by atoms with Crippen LogP contribution in [0.3, 0.4) is 0 Å². The topological polar surface area (TPSA) is 116 Å². The highest BCUT2D eigenvalue weighted by atomic mass is 32.1. The van der Waals surface area contributed by atoms with Crippen LogP contribution in [-0.2, 0) is 12.8 Å². The standard InChI is InChI=1S/C18H18N2OS.C12H10N2O/c1-10-15(11-6-2-4-8-13(11)20-10)17(21)16-12-7-3-5-9-14(12)22-18(16)19;1-8-12(11(15)6-7-13)9-4-2-3-5-10(9)14-8/h2,4,6,8,20H,3,5,7,9,19H2,1H3;2-5,14H,6H2,1H3. The number of Topliss-reactive ketones (excluding diaryl/α,β-unsaturated/α-hetero) is 1. The number of fused-ring (bicyclic) bond motifs is 3. The van der Waals surface area contributed by atoms with Crippen molar-refractivity contribution >= 4 is 49.7 Å². The van der Waals surface area contributed by atoms with Gasteiger partial charge in [-0.15, -0.1) is 11.3 Å². The summed E-state index contributed by atoms with van der Waals surface area (Å²) in [6, 6.07) is 17.5. The molecule has 0 aliphatic heterocycles. The number of rotatable bonds is 4. The van der Waals surface area contributed by atoms with E-state index in [0.29, 0.717) is 10.6 Å². The van der Waals surface area contributed by atoms with Crippen LogP contribution in [0.25, 0.3) is 21.8 Å². The first-order valence-corrected chi connectivity index (χ1v) is 13.2. The van der Waals surface area contributed by atoms with E-state index >= 15 is 0 Å². The predicted molar refractivity (Wildman–Crippen MR) is 149 cm³/mol. The molecule has 0 fully saturated rings. The fourth-order valence-corrected chi connectivity index (χ4v) is 6.48. The number of aryl methyl sites for hydroxylation is 3. The van der Waals surface area contributed by atoms with Gasteiger partial charge in [0.2, 0.25) is 0 Å². The van der Waals surface area contributed by atoms with Crippen molar-refractivity contribution in [1.29, 1.82) is 5.26 Å². The number of anilines is 1. The van der Waals surface area contributed by atoms with Gasteiger partial charge in [-0.3, -0.25) is 9.59 Å². The SMILES string of the molecule is Cc1[nH]c2ccccc2c1C(=O)CC#N.Cc1[nH]c2ccccc2c1C(=O)c1c(N)sc2c1CCCC2. The van der Waals surface area contributed by atoms with Crippen LogP contribution in [0.5, 0.6) is 0 Å². The van der Waals surface area contributed by atoms with E-state index < -0.39 is 0 Å². The van der Waals surface area contributed by atoms with E-state index in [0.717, 1.165) is 63.6 Å². The van der Waals surface area contributed by atoms with E-state index in [4.69, 9.17) is 11.0 Å². The Kier molecular flexibility index (Phi) is 6.68. The lowest BCUT2D eigenvalue weighted by Gasteiger charge is -2.12. The maximum absolute atomic E-state index is 13.2. The number of nitrogens with one attached hydrogen (secondary N) is 2. The lowest BCUT2D eigenvalue weighted by atomic mass is 9.91. The van der Waals surface area contributed by atoms with Gasteiger partial charge >= 0.3 is 0 Å². The van der Waals surface area contributed by atoms with E-state index in [-0.39, 0.29) is 18.0 Å². The second-order valence-corrected chi connectivity index (χ2v) is 10.5. The minimum absolute atomic E-state index is 0.0668. The van der Waals surface area contributed by atoms with E-state index in [2.05, 4.69) is 9.97 Å². The molecular weight excluding hydrogens is 480 g/mol. The number of thiophene rings is 1. The number of nitrogens with zero attached hydrogens (tertiary/aromatic N) is 1. The Morgan fingerprint density at radius 1 is 0.892 bits per heavy atom. The summed E-state index contributed by atoms with van der Waals surface area (Å²) in [7, 11) is 0. The van der Waals surface area contributed by atoms with Crippen LogP contribution in [0.4, 0.5) is 5.00 Å². The fraction of sp³-hybridized carbons (Fsp3) is 0.233. The van der Waals surface area contributed by atoms with Gasteiger partial charge in [-0.1, -0.05) is 36.4 Å². The number of nitrogen functional groups attached to an aromatic ring is 1.